The number of aliphatic hydroxyl groups excluding tert-OH is 2. The average molecular weight is 327 g/mol. The molecule has 0 atom stereocenters. The summed E-state index contributed by atoms with van der Waals surface area (Å²) in [6.07, 6.45) is 0. The quantitative estimate of drug-likeness (QED) is 0.835. The topological polar surface area (TPSA) is 67.5 Å². The molecule has 0 fully saturated rings. The number of nitriles is 1. The molecule has 1 rings (SSSR count). The lowest BCUT2D eigenvalue weighted by Crippen LogP contribution is -2.38. The average Bonchev–Trinajstić information content (AvgIpc) is 2.40. The Morgan fingerprint density at radius 3 is 2.47 bits per heavy atom. The molecule has 0 spiro atoms. The highest BCUT2D eigenvalue weighted by Crippen LogP contribution is 2.22. The molecule has 5 heteroatoms. The van der Waals surface area contributed by atoms with Crippen molar-refractivity contribution in [3.05, 3.63) is 33.8 Å². The molecule has 0 radical (unpaired) electrons. The number of nitrogens with zero attached hydrogens (tertiary/aromatic N) is 2. The highest BCUT2D eigenvalue weighted by molar-refractivity contribution is 9.10. The first kappa shape index (κ1) is 16.1. The van der Waals surface area contributed by atoms with E-state index in [1.54, 1.807) is 12.1 Å². The third kappa shape index (κ3) is 4.59. The Labute approximate surface area is 122 Å². The van der Waals surface area contributed by atoms with Gasteiger partial charge in [-0.05, 0) is 24.7 Å². The number of aliphatic hydroxyl groups is 2. The molecule has 0 bridgehead atoms. The van der Waals surface area contributed by atoms with Crippen molar-refractivity contribution in [1.82, 2.24) is 4.90 Å². The van der Waals surface area contributed by atoms with E-state index in [9.17, 15) is 10.2 Å². The molecule has 4 nitrogen and oxygen atoms in total. The molecule has 1 aromatic rings. The summed E-state index contributed by atoms with van der Waals surface area (Å²) in [5.41, 5.74) is 1.18. The molecule has 0 aliphatic carbocycles. The molecule has 19 heavy (non-hydrogen) atoms. The third-order valence-electron chi connectivity index (χ3n) is 3.04. The molecule has 0 unspecified atom stereocenters. The van der Waals surface area contributed by atoms with Crippen LogP contribution in [-0.4, -0.2) is 41.9 Å². The third-order valence-corrected chi connectivity index (χ3v) is 3.78. The van der Waals surface area contributed by atoms with E-state index in [1.165, 1.54) is 0 Å². The highest BCUT2D eigenvalue weighted by atomic mass is 79.9. The minimum Gasteiger partial charge on any atom is -0.396 e. The Bertz CT molecular complexity index is 467. The molecular formula is C14H19BrN2O2. The summed E-state index contributed by atoms with van der Waals surface area (Å²) in [6, 6.07) is 7.58. The molecule has 1 aromatic carbocycles. The zero-order chi connectivity index (χ0) is 14.5. The van der Waals surface area contributed by atoms with Gasteiger partial charge < -0.3 is 15.1 Å². The molecule has 0 aliphatic heterocycles. The number of benzene rings is 1. The Morgan fingerprint density at radius 1 is 1.37 bits per heavy atom. The van der Waals surface area contributed by atoms with Gasteiger partial charge >= 0.3 is 0 Å². The summed E-state index contributed by atoms with van der Waals surface area (Å²) in [7, 11) is 1.94. The molecule has 0 aliphatic rings. The van der Waals surface area contributed by atoms with E-state index in [-0.39, 0.29) is 13.2 Å². The lowest BCUT2D eigenvalue weighted by Gasteiger charge is -2.30. The minimum atomic E-state index is -0.506. The zero-order valence-electron chi connectivity index (χ0n) is 11.2. The molecule has 104 valence electrons. The summed E-state index contributed by atoms with van der Waals surface area (Å²) in [6.45, 7) is 3.01. The second-order valence-electron chi connectivity index (χ2n) is 5.22. The van der Waals surface area contributed by atoms with Gasteiger partial charge in [0.1, 0.15) is 0 Å². The van der Waals surface area contributed by atoms with Crippen LogP contribution in [0.3, 0.4) is 0 Å². The van der Waals surface area contributed by atoms with Crippen LogP contribution in [-0.2, 0) is 6.54 Å². The number of hydrogen-bond donors (Lipinski definition) is 2. The van der Waals surface area contributed by atoms with Crippen molar-refractivity contribution in [1.29, 1.82) is 5.26 Å². The standard InChI is InChI=1S/C14H19BrN2O2/c1-14(9-18,10-19)8-17(2)7-12-4-3-11(6-16)5-13(12)15/h3-5,18-19H,7-10H2,1-2H3. The summed E-state index contributed by atoms with van der Waals surface area (Å²) >= 11 is 3.45. The largest absolute Gasteiger partial charge is 0.396 e. The maximum Gasteiger partial charge on any atom is 0.0992 e. The lowest BCUT2D eigenvalue weighted by molar-refractivity contribution is 0.0401. The SMILES string of the molecule is CN(Cc1ccc(C#N)cc1Br)CC(C)(CO)CO. The van der Waals surface area contributed by atoms with Crippen LogP contribution in [0.15, 0.2) is 22.7 Å². The van der Waals surface area contributed by atoms with E-state index in [2.05, 4.69) is 22.0 Å². The van der Waals surface area contributed by atoms with Crippen molar-refractivity contribution in [2.24, 2.45) is 5.41 Å². The van der Waals surface area contributed by atoms with E-state index in [0.717, 1.165) is 10.0 Å². The van der Waals surface area contributed by atoms with Crippen LogP contribution in [0.5, 0.6) is 0 Å². The van der Waals surface area contributed by atoms with Gasteiger partial charge in [0.25, 0.3) is 0 Å². The first-order valence-corrected chi connectivity index (χ1v) is 6.82. The van der Waals surface area contributed by atoms with Gasteiger partial charge in [-0.1, -0.05) is 28.9 Å². The van der Waals surface area contributed by atoms with Crippen molar-refractivity contribution in [3.63, 3.8) is 0 Å². The van der Waals surface area contributed by atoms with Gasteiger partial charge in [-0.3, -0.25) is 0 Å². The van der Waals surface area contributed by atoms with Gasteiger partial charge in [0.15, 0.2) is 0 Å². The molecular weight excluding hydrogens is 308 g/mol. The van der Waals surface area contributed by atoms with Gasteiger partial charge in [0.2, 0.25) is 0 Å². The van der Waals surface area contributed by atoms with Crippen molar-refractivity contribution in [2.45, 2.75) is 13.5 Å². The summed E-state index contributed by atoms with van der Waals surface area (Å²) in [5, 5.41) is 27.4. The second kappa shape index (κ2) is 7.01. The maximum absolute atomic E-state index is 9.29. The van der Waals surface area contributed by atoms with E-state index in [4.69, 9.17) is 5.26 Å². The van der Waals surface area contributed by atoms with Gasteiger partial charge in [-0.2, -0.15) is 5.26 Å². The highest BCUT2D eigenvalue weighted by Gasteiger charge is 2.24. The van der Waals surface area contributed by atoms with E-state index in [1.807, 2.05) is 24.9 Å². The monoisotopic (exact) mass is 326 g/mol. The fourth-order valence-electron chi connectivity index (χ4n) is 1.89. The van der Waals surface area contributed by atoms with Crippen molar-refractivity contribution < 1.29 is 10.2 Å². The number of hydrogen-bond acceptors (Lipinski definition) is 4. The molecule has 0 heterocycles. The molecule has 0 aromatic heterocycles. The fourth-order valence-corrected chi connectivity index (χ4v) is 2.40. The smallest absolute Gasteiger partial charge is 0.0992 e. The van der Waals surface area contributed by atoms with E-state index in [0.29, 0.717) is 18.7 Å². The normalized spacial score (nSPS) is 11.6. The van der Waals surface area contributed by atoms with Crippen LogP contribution in [0.4, 0.5) is 0 Å². The number of halogens is 1. The molecule has 0 saturated heterocycles. The van der Waals surface area contributed by atoms with Crippen molar-refractivity contribution in [3.8, 4) is 6.07 Å². The predicted molar refractivity (Wildman–Crippen MR) is 77.5 cm³/mol. The first-order valence-electron chi connectivity index (χ1n) is 6.03. The summed E-state index contributed by atoms with van der Waals surface area (Å²) in [4.78, 5) is 2.04. The molecule has 0 amide bonds. The van der Waals surface area contributed by atoms with Gasteiger partial charge in [0, 0.05) is 23.0 Å². The molecule has 2 N–H and O–H groups in total. The van der Waals surface area contributed by atoms with Crippen LogP contribution in [0.1, 0.15) is 18.1 Å². The van der Waals surface area contributed by atoms with Crippen LogP contribution < -0.4 is 0 Å². The lowest BCUT2D eigenvalue weighted by atomic mass is 9.92. The van der Waals surface area contributed by atoms with Crippen molar-refractivity contribution in [2.75, 3.05) is 26.8 Å². The maximum atomic E-state index is 9.29. The first-order chi connectivity index (χ1) is 8.94. The second-order valence-corrected chi connectivity index (χ2v) is 6.07. The zero-order valence-corrected chi connectivity index (χ0v) is 12.8. The van der Waals surface area contributed by atoms with Crippen LogP contribution in [0.2, 0.25) is 0 Å². The minimum absolute atomic E-state index is 0.0532. The summed E-state index contributed by atoms with van der Waals surface area (Å²) < 4.78 is 0.896. The van der Waals surface area contributed by atoms with Crippen LogP contribution >= 0.6 is 15.9 Å². The predicted octanol–water partition coefficient (Wildman–Crippen LogP) is 1.74. The van der Waals surface area contributed by atoms with Gasteiger partial charge in [0.05, 0.1) is 24.8 Å². The summed E-state index contributed by atoms with van der Waals surface area (Å²) in [5.74, 6) is 0. The van der Waals surface area contributed by atoms with Gasteiger partial charge in [-0.15, -0.1) is 0 Å². The number of rotatable bonds is 6. The Morgan fingerprint density at radius 2 is 2.00 bits per heavy atom. The molecule has 0 saturated carbocycles. The van der Waals surface area contributed by atoms with E-state index < -0.39 is 5.41 Å². The Hall–Kier alpha value is -0.930. The Kier molecular flexibility index (Phi) is 5.95. The van der Waals surface area contributed by atoms with Crippen LogP contribution in [0, 0.1) is 16.7 Å². The van der Waals surface area contributed by atoms with Crippen LogP contribution in [0.25, 0.3) is 0 Å². The van der Waals surface area contributed by atoms with Gasteiger partial charge in [-0.25, -0.2) is 0 Å². The Balaban J connectivity index is 2.72. The fraction of sp³-hybridized carbons (Fsp3) is 0.500. The van der Waals surface area contributed by atoms with E-state index >= 15 is 0 Å². The van der Waals surface area contributed by atoms with Crippen molar-refractivity contribution >= 4 is 15.9 Å².